The lowest BCUT2D eigenvalue weighted by atomic mass is 10.0. The maximum atomic E-state index is 14.3. The third kappa shape index (κ3) is 3.54. The molecule has 0 saturated carbocycles. The van der Waals surface area contributed by atoms with Crippen LogP contribution < -0.4 is 10.5 Å². The summed E-state index contributed by atoms with van der Waals surface area (Å²) in [6, 6.07) is 12.2. The van der Waals surface area contributed by atoms with Gasteiger partial charge >= 0.3 is 0 Å². The minimum Gasteiger partial charge on any atom is -0.494 e. The molecule has 8 heteroatoms. The monoisotopic (exact) mass is 425 g/mol. The zero-order valence-electron chi connectivity index (χ0n) is 16.0. The molecule has 0 bridgehead atoms. The average Bonchev–Trinajstić information content (AvgIpc) is 3.16. The van der Waals surface area contributed by atoms with Crippen molar-refractivity contribution in [2.45, 2.75) is 6.04 Å². The van der Waals surface area contributed by atoms with Crippen molar-refractivity contribution in [1.29, 1.82) is 5.26 Å². The number of methoxy groups -OCH3 is 1. The number of benzene rings is 2. The molecule has 1 aliphatic heterocycles. The molecular formula is C22H17F2N3O2S. The smallest absolute Gasteiger partial charge is 0.264 e. The fourth-order valence-corrected chi connectivity index (χ4v) is 4.49. The van der Waals surface area contributed by atoms with Gasteiger partial charge in [0.25, 0.3) is 5.91 Å². The second-order valence-corrected chi connectivity index (χ2v) is 8.03. The molecule has 1 aromatic heterocycles. The minimum absolute atomic E-state index is 0.0313. The Hall–Kier alpha value is -3.28. The summed E-state index contributed by atoms with van der Waals surface area (Å²) in [4.78, 5) is 15.5. The van der Waals surface area contributed by atoms with Crippen LogP contribution in [0.3, 0.4) is 0 Å². The van der Waals surface area contributed by atoms with Crippen LogP contribution in [0.2, 0.25) is 0 Å². The summed E-state index contributed by atoms with van der Waals surface area (Å²) in [5.41, 5.74) is 7.32. The van der Waals surface area contributed by atoms with Gasteiger partial charge in [0.2, 0.25) is 0 Å². The molecule has 5 nitrogen and oxygen atoms in total. The second-order valence-electron chi connectivity index (χ2n) is 6.98. The van der Waals surface area contributed by atoms with Crippen LogP contribution in [0.4, 0.5) is 8.78 Å². The first-order valence-electron chi connectivity index (χ1n) is 9.14. The quantitative estimate of drug-likeness (QED) is 0.685. The highest BCUT2D eigenvalue weighted by Crippen LogP contribution is 2.41. The lowest BCUT2D eigenvalue weighted by Crippen LogP contribution is -2.57. The molecule has 0 aliphatic carbocycles. The Balaban J connectivity index is 1.83. The zero-order chi connectivity index (χ0) is 21.4. The SMILES string of the molecule is COc1ccc(-c2sc(C(=O)N3CC(N)C3)cc2-c2ccc(C#N)c(F)c2)cc1F. The van der Waals surface area contributed by atoms with E-state index in [0.717, 1.165) is 0 Å². The molecule has 3 aromatic rings. The van der Waals surface area contributed by atoms with E-state index in [9.17, 15) is 13.6 Å². The number of nitriles is 1. The van der Waals surface area contributed by atoms with E-state index in [-0.39, 0.29) is 23.3 Å². The molecule has 2 aromatic carbocycles. The van der Waals surface area contributed by atoms with Gasteiger partial charge in [-0.2, -0.15) is 5.26 Å². The number of carbonyl (C=O) groups excluding carboxylic acids is 1. The summed E-state index contributed by atoms with van der Waals surface area (Å²) < 4.78 is 33.6. The first-order chi connectivity index (χ1) is 14.4. The van der Waals surface area contributed by atoms with E-state index in [2.05, 4.69) is 0 Å². The van der Waals surface area contributed by atoms with E-state index < -0.39 is 11.6 Å². The third-order valence-electron chi connectivity index (χ3n) is 4.95. The van der Waals surface area contributed by atoms with Crippen molar-refractivity contribution in [3.05, 3.63) is 64.5 Å². The summed E-state index contributed by atoms with van der Waals surface area (Å²) in [5.74, 6) is -1.26. The van der Waals surface area contributed by atoms with Crippen LogP contribution >= 0.6 is 11.3 Å². The van der Waals surface area contributed by atoms with Crippen LogP contribution in [-0.4, -0.2) is 37.0 Å². The molecule has 0 unspecified atom stereocenters. The molecule has 1 aliphatic rings. The highest BCUT2D eigenvalue weighted by molar-refractivity contribution is 7.18. The lowest BCUT2D eigenvalue weighted by Gasteiger charge is -2.36. The number of amides is 1. The Morgan fingerprint density at radius 2 is 1.87 bits per heavy atom. The number of halogens is 2. The van der Waals surface area contributed by atoms with Crippen LogP contribution in [0.25, 0.3) is 21.6 Å². The number of hydrogen-bond acceptors (Lipinski definition) is 5. The molecule has 0 spiro atoms. The van der Waals surface area contributed by atoms with Gasteiger partial charge in [0.05, 0.1) is 17.6 Å². The van der Waals surface area contributed by atoms with E-state index >= 15 is 0 Å². The Morgan fingerprint density at radius 3 is 2.47 bits per heavy atom. The van der Waals surface area contributed by atoms with Gasteiger partial charge in [0.15, 0.2) is 11.6 Å². The number of likely N-dealkylation sites (tertiary alicyclic amines) is 1. The molecule has 30 heavy (non-hydrogen) atoms. The molecule has 2 N–H and O–H groups in total. The molecule has 152 valence electrons. The number of rotatable bonds is 4. The van der Waals surface area contributed by atoms with Gasteiger partial charge in [-0.15, -0.1) is 11.3 Å². The maximum Gasteiger partial charge on any atom is 0.264 e. The van der Waals surface area contributed by atoms with Crippen LogP contribution in [0.1, 0.15) is 15.2 Å². The summed E-state index contributed by atoms with van der Waals surface area (Å²) in [6.45, 7) is 0.952. The Kier molecular flexibility index (Phi) is 5.24. The van der Waals surface area contributed by atoms with Gasteiger partial charge < -0.3 is 15.4 Å². The third-order valence-corrected chi connectivity index (χ3v) is 6.13. The zero-order valence-corrected chi connectivity index (χ0v) is 16.8. The van der Waals surface area contributed by atoms with E-state index in [4.69, 9.17) is 15.7 Å². The average molecular weight is 425 g/mol. The van der Waals surface area contributed by atoms with E-state index in [1.54, 1.807) is 29.2 Å². The topological polar surface area (TPSA) is 79.3 Å². The van der Waals surface area contributed by atoms with Crippen molar-refractivity contribution in [1.82, 2.24) is 4.90 Å². The number of hydrogen-bond donors (Lipinski definition) is 1. The van der Waals surface area contributed by atoms with E-state index in [1.807, 2.05) is 0 Å². The van der Waals surface area contributed by atoms with Crippen LogP contribution in [-0.2, 0) is 0 Å². The summed E-state index contributed by atoms with van der Waals surface area (Å²) in [6.07, 6.45) is 0. The molecule has 1 amide bonds. The van der Waals surface area contributed by atoms with Crippen molar-refractivity contribution < 1.29 is 18.3 Å². The number of thiophene rings is 1. The van der Waals surface area contributed by atoms with Crippen molar-refractivity contribution >= 4 is 17.2 Å². The van der Waals surface area contributed by atoms with Crippen LogP contribution in [0.5, 0.6) is 5.75 Å². The van der Waals surface area contributed by atoms with Gasteiger partial charge in [-0.3, -0.25) is 4.79 Å². The Bertz CT molecular complexity index is 1180. The van der Waals surface area contributed by atoms with Gasteiger partial charge in [-0.05, 0) is 47.5 Å². The first-order valence-corrected chi connectivity index (χ1v) is 9.95. The van der Waals surface area contributed by atoms with Gasteiger partial charge in [-0.25, -0.2) is 8.78 Å². The first kappa shape index (κ1) is 20.0. The number of ether oxygens (including phenoxy) is 1. The fraction of sp³-hybridized carbons (Fsp3) is 0.182. The van der Waals surface area contributed by atoms with E-state index in [0.29, 0.717) is 39.5 Å². The van der Waals surface area contributed by atoms with Gasteiger partial charge in [0.1, 0.15) is 11.9 Å². The molecule has 1 saturated heterocycles. The predicted molar refractivity (Wildman–Crippen MR) is 110 cm³/mol. The molecule has 1 fully saturated rings. The highest BCUT2D eigenvalue weighted by Gasteiger charge is 2.30. The minimum atomic E-state index is -0.658. The van der Waals surface area contributed by atoms with Crippen LogP contribution in [0.15, 0.2) is 42.5 Å². The lowest BCUT2D eigenvalue weighted by molar-refractivity contribution is 0.0613. The number of nitrogens with zero attached hydrogens (tertiary/aromatic N) is 2. The fourth-order valence-electron chi connectivity index (χ4n) is 3.34. The summed E-state index contributed by atoms with van der Waals surface area (Å²) in [5, 5.41) is 8.98. The summed E-state index contributed by atoms with van der Waals surface area (Å²) in [7, 11) is 1.38. The molecular weight excluding hydrogens is 408 g/mol. The van der Waals surface area contributed by atoms with Crippen molar-refractivity contribution in [2.75, 3.05) is 20.2 Å². The van der Waals surface area contributed by atoms with Gasteiger partial charge in [0, 0.05) is 29.6 Å². The predicted octanol–water partition coefficient (Wildman–Crippen LogP) is 4.02. The van der Waals surface area contributed by atoms with Gasteiger partial charge in [-0.1, -0.05) is 6.07 Å². The Morgan fingerprint density at radius 1 is 1.17 bits per heavy atom. The van der Waals surface area contributed by atoms with E-state index in [1.165, 1.54) is 42.7 Å². The highest BCUT2D eigenvalue weighted by atomic mass is 32.1. The Labute approximate surface area is 175 Å². The number of nitrogens with two attached hydrogens (primary N) is 1. The summed E-state index contributed by atoms with van der Waals surface area (Å²) >= 11 is 1.21. The van der Waals surface area contributed by atoms with Crippen molar-refractivity contribution in [3.8, 4) is 33.4 Å². The standard InChI is InChI=1S/C22H17F2N3O2S/c1-29-19-5-4-13(7-18(19)24)21-16(12-2-3-14(9-25)17(23)6-12)8-20(30-21)22(28)27-10-15(26)11-27/h2-8,15H,10-11,26H2,1H3. The van der Waals surface area contributed by atoms with Crippen molar-refractivity contribution in [2.24, 2.45) is 5.73 Å². The maximum absolute atomic E-state index is 14.3. The second kappa shape index (κ2) is 7.86. The molecule has 2 heterocycles. The number of carbonyl (C=O) groups is 1. The largest absolute Gasteiger partial charge is 0.494 e. The molecule has 0 atom stereocenters. The molecule has 0 radical (unpaired) electrons. The van der Waals surface area contributed by atoms with Crippen molar-refractivity contribution in [3.63, 3.8) is 0 Å². The normalized spacial score (nSPS) is 13.6. The van der Waals surface area contributed by atoms with Crippen LogP contribution in [0, 0.1) is 23.0 Å². The molecule has 4 rings (SSSR count).